The molecule has 0 fully saturated rings. The molecule has 2 aromatic rings. The first kappa shape index (κ1) is 15.4. The molecule has 0 unspecified atom stereocenters. The lowest BCUT2D eigenvalue weighted by molar-refractivity contribution is -0.116. The molecule has 108 valence electrons. The third-order valence-corrected chi connectivity index (χ3v) is 3.58. The first-order valence-corrected chi connectivity index (χ1v) is 7.19. The van der Waals surface area contributed by atoms with Gasteiger partial charge in [0, 0.05) is 22.9 Å². The van der Waals surface area contributed by atoms with Crippen molar-refractivity contribution >= 4 is 33.3 Å². The van der Waals surface area contributed by atoms with Gasteiger partial charge in [0.2, 0.25) is 5.91 Å². The zero-order valence-electron chi connectivity index (χ0n) is 11.1. The van der Waals surface area contributed by atoms with Crippen LogP contribution in [-0.2, 0) is 4.79 Å². The van der Waals surface area contributed by atoms with Crippen LogP contribution in [0.2, 0.25) is 0 Å². The van der Waals surface area contributed by atoms with Crippen molar-refractivity contribution in [3.05, 3.63) is 64.4 Å². The van der Waals surface area contributed by atoms with E-state index >= 15 is 0 Å². The van der Waals surface area contributed by atoms with Crippen LogP contribution in [0.3, 0.4) is 0 Å². The van der Waals surface area contributed by atoms with Crippen molar-refractivity contribution in [2.24, 2.45) is 0 Å². The summed E-state index contributed by atoms with van der Waals surface area (Å²) in [5.74, 6) is -0.812. The fraction of sp³-hybridized carbons (Fsp3) is 0.125. The number of Topliss-reactive ketones (excluding diaryl/α,β-unsaturated/α-hetero) is 1. The molecule has 1 N–H and O–H groups in total. The van der Waals surface area contributed by atoms with Crippen molar-refractivity contribution in [1.82, 2.24) is 0 Å². The number of anilines is 1. The zero-order valence-corrected chi connectivity index (χ0v) is 12.7. The van der Waals surface area contributed by atoms with Crippen molar-refractivity contribution in [3.63, 3.8) is 0 Å². The minimum absolute atomic E-state index is 0.0809. The zero-order chi connectivity index (χ0) is 15.2. The van der Waals surface area contributed by atoms with Gasteiger partial charge in [-0.3, -0.25) is 9.59 Å². The van der Waals surface area contributed by atoms with Gasteiger partial charge in [0.25, 0.3) is 0 Å². The van der Waals surface area contributed by atoms with E-state index < -0.39 is 5.82 Å². The van der Waals surface area contributed by atoms with Gasteiger partial charge >= 0.3 is 0 Å². The smallest absolute Gasteiger partial charge is 0.224 e. The summed E-state index contributed by atoms with van der Waals surface area (Å²) in [4.78, 5) is 23.7. The Bertz CT molecular complexity index is 656. The normalized spacial score (nSPS) is 10.2. The van der Waals surface area contributed by atoms with E-state index in [4.69, 9.17) is 0 Å². The lowest BCUT2D eigenvalue weighted by Crippen LogP contribution is -2.13. The molecule has 0 aliphatic carbocycles. The number of halogens is 2. The Morgan fingerprint density at radius 1 is 1.00 bits per heavy atom. The number of hydrogen-bond donors (Lipinski definition) is 1. The van der Waals surface area contributed by atoms with Gasteiger partial charge in [-0.25, -0.2) is 4.39 Å². The molecule has 21 heavy (non-hydrogen) atoms. The van der Waals surface area contributed by atoms with E-state index in [1.54, 1.807) is 6.07 Å². The van der Waals surface area contributed by atoms with Crippen molar-refractivity contribution in [2.45, 2.75) is 12.8 Å². The highest BCUT2D eigenvalue weighted by Gasteiger charge is 2.10. The maximum absolute atomic E-state index is 12.8. The molecule has 0 aliphatic rings. The number of para-hydroxylation sites is 1. The molecule has 0 spiro atoms. The minimum atomic E-state index is -0.391. The number of ketones is 1. The molecule has 0 bridgehead atoms. The van der Waals surface area contributed by atoms with Crippen LogP contribution < -0.4 is 5.32 Å². The van der Waals surface area contributed by atoms with Gasteiger partial charge in [-0.2, -0.15) is 0 Å². The summed E-state index contributed by atoms with van der Waals surface area (Å²) < 4.78 is 13.5. The van der Waals surface area contributed by atoms with E-state index in [1.807, 2.05) is 18.2 Å². The summed E-state index contributed by atoms with van der Waals surface area (Å²) in [5, 5.41) is 2.73. The average molecular weight is 350 g/mol. The molecular formula is C16H13BrFNO2. The van der Waals surface area contributed by atoms with E-state index in [-0.39, 0.29) is 24.5 Å². The fourth-order valence-electron chi connectivity index (χ4n) is 1.78. The quantitative estimate of drug-likeness (QED) is 0.822. The number of nitrogens with one attached hydrogen (secondary N) is 1. The Morgan fingerprint density at radius 3 is 2.33 bits per heavy atom. The number of carbonyl (C=O) groups is 2. The highest BCUT2D eigenvalue weighted by Crippen LogP contribution is 2.21. The highest BCUT2D eigenvalue weighted by atomic mass is 79.9. The predicted molar refractivity (Wildman–Crippen MR) is 82.7 cm³/mol. The molecule has 3 nitrogen and oxygen atoms in total. The molecule has 0 radical (unpaired) electrons. The summed E-state index contributed by atoms with van der Waals surface area (Å²) in [7, 11) is 0. The summed E-state index contributed by atoms with van der Waals surface area (Å²) in [6, 6.07) is 12.5. The number of carbonyl (C=O) groups excluding carboxylic acids is 2. The van der Waals surface area contributed by atoms with Gasteiger partial charge in [-0.15, -0.1) is 0 Å². The van der Waals surface area contributed by atoms with Gasteiger partial charge in [0.1, 0.15) is 5.82 Å². The predicted octanol–water partition coefficient (Wildman–Crippen LogP) is 4.19. The Morgan fingerprint density at radius 2 is 1.67 bits per heavy atom. The fourth-order valence-corrected chi connectivity index (χ4v) is 2.17. The Labute approximate surface area is 130 Å². The van der Waals surface area contributed by atoms with Crippen LogP contribution in [0.4, 0.5) is 10.1 Å². The third kappa shape index (κ3) is 4.49. The molecular weight excluding hydrogens is 337 g/mol. The molecule has 1 amide bonds. The molecule has 2 rings (SSSR count). The van der Waals surface area contributed by atoms with Gasteiger partial charge in [-0.05, 0) is 52.3 Å². The standard InChI is InChI=1S/C16H13BrFNO2/c17-13-3-1-2-4-14(13)19-16(21)10-9-15(20)11-5-7-12(18)8-6-11/h1-8H,9-10H2,(H,19,21). The van der Waals surface area contributed by atoms with E-state index in [0.29, 0.717) is 11.3 Å². The number of amides is 1. The maximum atomic E-state index is 12.8. The average Bonchev–Trinajstić information content (AvgIpc) is 2.48. The molecule has 0 saturated carbocycles. The second kappa shape index (κ2) is 7.13. The SMILES string of the molecule is O=C(CCC(=O)c1ccc(F)cc1)Nc1ccccc1Br. The van der Waals surface area contributed by atoms with E-state index in [1.165, 1.54) is 24.3 Å². The van der Waals surface area contributed by atoms with Gasteiger partial charge in [0.15, 0.2) is 5.78 Å². The number of rotatable bonds is 5. The van der Waals surface area contributed by atoms with Crippen LogP contribution in [0.5, 0.6) is 0 Å². The molecule has 0 aliphatic heterocycles. The van der Waals surface area contributed by atoms with Crippen molar-refractivity contribution in [3.8, 4) is 0 Å². The second-order valence-corrected chi connectivity index (χ2v) is 5.31. The van der Waals surface area contributed by atoms with E-state index in [9.17, 15) is 14.0 Å². The molecule has 0 atom stereocenters. The minimum Gasteiger partial charge on any atom is -0.325 e. The highest BCUT2D eigenvalue weighted by molar-refractivity contribution is 9.10. The summed E-state index contributed by atoms with van der Waals surface area (Å²) in [5.41, 5.74) is 1.07. The van der Waals surface area contributed by atoms with Gasteiger partial charge in [-0.1, -0.05) is 12.1 Å². The Balaban J connectivity index is 1.88. The molecule has 5 heteroatoms. The van der Waals surface area contributed by atoms with Crippen LogP contribution in [0, 0.1) is 5.82 Å². The Kier molecular flexibility index (Phi) is 5.22. The summed E-state index contributed by atoms with van der Waals surface area (Å²) in [6.45, 7) is 0. The monoisotopic (exact) mass is 349 g/mol. The molecule has 0 saturated heterocycles. The summed E-state index contributed by atoms with van der Waals surface area (Å²) >= 11 is 3.33. The largest absolute Gasteiger partial charge is 0.325 e. The van der Waals surface area contributed by atoms with Crippen molar-refractivity contribution in [2.75, 3.05) is 5.32 Å². The second-order valence-electron chi connectivity index (χ2n) is 4.46. The first-order valence-electron chi connectivity index (χ1n) is 6.39. The topological polar surface area (TPSA) is 46.2 Å². The molecule has 0 aromatic heterocycles. The first-order chi connectivity index (χ1) is 10.1. The van der Waals surface area contributed by atoms with Crippen LogP contribution in [0.15, 0.2) is 53.0 Å². The van der Waals surface area contributed by atoms with E-state index in [2.05, 4.69) is 21.2 Å². The van der Waals surface area contributed by atoms with Crippen molar-refractivity contribution in [1.29, 1.82) is 0 Å². The molecule has 0 heterocycles. The van der Waals surface area contributed by atoms with Crippen molar-refractivity contribution < 1.29 is 14.0 Å². The number of hydrogen-bond acceptors (Lipinski definition) is 2. The maximum Gasteiger partial charge on any atom is 0.224 e. The number of benzene rings is 2. The van der Waals surface area contributed by atoms with E-state index in [0.717, 1.165) is 4.47 Å². The van der Waals surface area contributed by atoms with Crippen LogP contribution in [0.25, 0.3) is 0 Å². The lowest BCUT2D eigenvalue weighted by atomic mass is 10.1. The van der Waals surface area contributed by atoms with Gasteiger partial charge < -0.3 is 5.32 Å². The van der Waals surface area contributed by atoms with Crippen LogP contribution in [0.1, 0.15) is 23.2 Å². The molecule has 2 aromatic carbocycles. The van der Waals surface area contributed by atoms with Crippen LogP contribution in [-0.4, -0.2) is 11.7 Å². The lowest BCUT2D eigenvalue weighted by Gasteiger charge is -2.06. The van der Waals surface area contributed by atoms with Gasteiger partial charge in [0.05, 0.1) is 5.69 Å². The van der Waals surface area contributed by atoms with Crippen LogP contribution >= 0.6 is 15.9 Å². The summed E-state index contributed by atoms with van der Waals surface area (Å²) in [6.07, 6.45) is 0.166. The Hall–Kier alpha value is -2.01. The third-order valence-electron chi connectivity index (χ3n) is 2.89.